The van der Waals surface area contributed by atoms with Crippen molar-refractivity contribution in [1.82, 2.24) is 10.2 Å². The fourth-order valence-electron chi connectivity index (χ4n) is 1.88. The molecule has 0 aromatic carbocycles. The average molecular weight is 330 g/mol. The fourth-order valence-corrected chi connectivity index (χ4v) is 2.86. The minimum absolute atomic E-state index is 0.156. The van der Waals surface area contributed by atoms with Crippen LogP contribution in [0.1, 0.15) is 27.2 Å². The third-order valence-corrected chi connectivity index (χ3v) is 4.05. The predicted octanol–water partition coefficient (Wildman–Crippen LogP) is 2.01. The molecule has 1 atom stereocenters. The Bertz CT molecular complexity index is 430. The number of rotatable bonds is 4. The Morgan fingerprint density at radius 1 is 1.41 bits per heavy atom. The number of hydrogen-bond donors (Lipinski definition) is 1. The van der Waals surface area contributed by atoms with Crippen molar-refractivity contribution in [2.75, 3.05) is 33.1 Å². The second kappa shape index (κ2) is 8.43. The van der Waals surface area contributed by atoms with Gasteiger partial charge in [0, 0.05) is 32.0 Å². The Hall–Kier alpha value is -1.21. The molecule has 1 saturated heterocycles. The van der Waals surface area contributed by atoms with E-state index in [9.17, 15) is 9.59 Å². The largest absolute Gasteiger partial charge is 0.457 e. The van der Waals surface area contributed by atoms with E-state index in [4.69, 9.17) is 9.47 Å². The van der Waals surface area contributed by atoms with Gasteiger partial charge in [-0.3, -0.25) is 0 Å². The van der Waals surface area contributed by atoms with Crippen molar-refractivity contribution in [2.45, 2.75) is 38.0 Å². The van der Waals surface area contributed by atoms with Gasteiger partial charge < -0.3 is 19.7 Å². The maximum Gasteiger partial charge on any atom is 0.410 e. The van der Waals surface area contributed by atoms with Crippen molar-refractivity contribution in [3.05, 3.63) is 11.6 Å². The number of amides is 1. The van der Waals surface area contributed by atoms with Crippen LogP contribution in [0, 0.1) is 0 Å². The van der Waals surface area contributed by atoms with Crippen LogP contribution < -0.4 is 5.32 Å². The van der Waals surface area contributed by atoms with Crippen LogP contribution >= 0.6 is 11.8 Å². The second-order valence-electron chi connectivity index (χ2n) is 6.30. The van der Waals surface area contributed by atoms with Gasteiger partial charge in [-0.15, -0.1) is 11.8 Å². The third kappa shape index (κ3) is 7.17. The lowest BCUT2D eigenvalue weighted by Gasteiger charge is -2.26. The first-order chi connectivity index (χ1) is 10.2. The summed E-state index contributed by atoms with van der Waals surface area (Å²) < 4.78 is 10.4. The van der Waals surface area contributed by atoms with Crippen molar-refractivity contribution in [2.24, 2.45) is 0 Å². The highest BCUT2D eigenvalue weighted by atomic mass is 32.2. The molecule has 1 aliphatic heterocycles. The highest BCUT2D eigenvalue weighted by Gasteiger charge is 2.22. The third-order valence-electron chi connectivity index (χ3n) is 2.85. The fraction of sp³-hybridized carbons (Fsp3) is 0.733. The molecule has 1 heterocycles. The number of hydrogen-bond acceptors (Lipinski definition) is 6. The number of piperidine rings is 1. The quantitative estimate of drug-likeness (QED) is 0.483. The van der Waals surface area contributed by atoms with E-state index in [1.165, 1.54) is 16.7 Å². The van der Waals surface area contributed by atoms with Crippen LogP contribution in [0.4, 0.5) is 4.79 Å². The zero-order valence-electron chi connectivity index (χ0n) is 14.0. The standard InChI is InChI=1S/C15H26N2O4S/c1-15(2,3)21-13(18)8-11-9-16-7-6-12(11)22-10-20-14(19)17(4)5/h8,12,16H,6-7,9-10H2,1-5H3/b11-8-. The lowest BCUT2D eigenvalue weighted by molar-refractivity contribution is -0.148. The minimum Gasteiger partial charge on any atom is -0.457 e. The predicted molar refractivity (Wildman–Crippen MR) is 87.8 cm³/mol. The average Bonchev–Trinajstić information content (AvgIpc) is 2.38. The van der Waals surface area contributed by atoms with Gasteiger partial charge in [0.15, 0.2) is 0 Å². The number of esters is 1. The van der Waals surface area contributed by atoms with Crippen LogP contribution in [0.3, 0.4) is 0 Å². The van der Waals surface area contributed by atoms with E-state index in [2.05, 4.69) is 5.32 Å². The molecule has 0 aromatic heterocycles. The smallest absolute Gasteiger partial charge is 0.410 e. The summed E-state index contributed by atoms with van der Waals surface area (Å²) in [7, 11) is 3.29. The Morgan fingerprint density at radius 2 is 2.09 bits per heavy atom. The molecule has 126 valence electrons. The molecule has 1 unspecified atom stereocenters. The first-order valence-electron chi connectivity index (χ1n) is 7.29. The van der Waals surface area contributed by atoms with Crippen molar-refractivity contribution in [3.8, 4) is 0 Å². The van der Waals surface area contributed by atoms with Gasteiger partial charge in [0.1, 0.15) is 11.5 Å². The van der Waals surface area contributed by atoms with E-state index in [1.54, 1.807) is 20.2 Å². The molecule has 0 aliphatic carbocycles. The Kier molecular flexibility index (Phi) is 7.22. The van der Waals surface area contributed by atoms with Gasteiger partial charge >= 0.3 is 12.1 Å². The molecule has 0 spiro atoms. The second-order valence-corrected chi connectivity index (χ2v) is 7.43. The van der Waals surface area contributed by atoms with Gasteiger partial charge in [0.2, 0.25) is 0 Å². The van der Waals surface area contributed by atoms with E-state index < -0.39 is 5.60 Å². The Morgan fingerprint density at radius 3 is 2.68 bits per heavy atom. The number of nitrogens with zero attached hydrogens (tertiary/aromatic N) is 1. The highest BCUT2D eigenvalue weighted by Crippen LogP contribution is 2.25. The Labute approximate surface area is 136 Å². The van der Waals surface area contributed by atoms with Gasteiger partial charge in [-0.25, -0.2) is 9.59 Å². The highest BCUT2D eigenvalue weighted by molar-refractivity contribution is 7.99. The molecule has 7 heteroatoms. The van der Waals surface area contributed by atoms with Crippen molar-refractivity contribution in [3.63, 3.8) is 0 Å². The number of thioether (sulfide) groups is 1. The molecule has 22 heavy (non-hydrogen) atoms. The van der Waals surface area contributed by atoms with Crippen LogP contribution in [-0.4, -0.2) is 60.9 Å². The van der Waals surface area contributed by atoms with Crippen LogP contribution in [0.5, 0.6) is 0 Å². The summed E-state index contributed by atoms with van der Waals surface area (Å²) in [5, 5.41) is 3.40. The topological polar surface area (TPSA) is 67.9 Å². The summed E-state index contributed by atoms with van der Waals surface area (Å²) in [4.78, 5) is 24.7. The molecule has 6 nitrogen and oxygen atoms in total. The van der Waals surface area contributed by atoms with E-state index in [-0.39, 0.29) is 23.3 Å². The van der Waals surface area contributed by atoms with Crippen molar-refractivity contribution < 1.29 is 19.1 Å². The minimum atomic E-state index is -0.500. The molecule has 0 bridgehead atoms. The number of ether oxygens (including phenoxy) is 2. The van der Waals surface area contributed by atoms with Crippen molar-refractivity contribution in [1.29, 1.82) is 0 Å². The van der Waals surface area contributed by atoms with Gasteiger partial charge in [-0.1, -0.05) is 0 Å². The van der Waals surface area contributed by atoms with Crippen LogP contribution in [0.25, 0.3) is 0 Å². The van der Waals surface area contributed by atoms with Crippen LogP contribution in [-0.2, 0) is 14.3 Å². The number of nitrogens with one attached hydrogen (secondary N) is 1. The normalized spacial score (nSPS) is 20.6. The van der Waals surface area contributed by atoms with Gasteiger partial charge in [-0.2, -0.15) is 0 Å². The summed E-state index contributed by atoms with van der Waals surface area (Å²) in [6, 6.07) is 0. The van der Waals surface area contributed by atoms with Gasteiger partial charge in [0.05, 0.1) is 0 Å². The summed E-state index contributed by atoms with van der Waals surface area (Å²) in [6.45, 7) is 7.06. The molecule has 1 fully saturated rings. The lowest BCUT2D eigenvalue weighted by Crippen LogP contribution is -2.33. The molecular weight excluding hydrogens is 304 g/mol. The van der Waals surface area contributed by atoms with E-state index in [0.717, 1.165) is 18.5 Å². The number of carbonyl (C=O) groups is 2. The maximum atomic E-state index is 11.9. The van der Waals surface area contributed by atoms with E-state index in [1.807, 2.05) is 20.8 Å². The zero-order valence-corrected chi connectivity index (χ0v) is 14.8. The van der Waals surface area contributed by atoms with Crippen molar-refractivity contribution >= 4 is 23.8 Å². The molecular formula is C15H26N2O4S. The molecule has 1 rings (SSSR count). The molecule has 1 aliphatic rings. The van der Waals surface area contributed by atoms with E-state index >= 15 is 0 Å². The summed E-state index contributed by atoms with van der Waals surface area (Å²) >= 11 is 1.53. The summed E-state index contributed by atoms with van der Waals surface area (Å²) in [5.41, 5.74) is 0.478. The Balaban J connectivity index is 2.56. The van der Waals surface area contributed by atoms with E-state index in [0.29, 0.717) is 6.54 Å². The summed E-state index contributed by atoms with van der Waals surface area (Å²) in [6.07, 6.45) is 2.08. The van der Waals surface area contributed by atoms with Crippen LogP contribution in [0.2, 0.25) is 0 Å². The van der Waals surface area contributed by atoms with Gasteiger partial charge in [-0.05, 0) is 39.3 Å². The van der Waals surface area contributed by atoms with Crippen LogP contribution in [0.15, 0.2) is 11.6 Å². The molecule has 1 N–H and O–H groups in total. The first-order valence-corrected chi connectivity index (χ1v) is 8.34. The van der Waals surface area contributed by atoms with Gasteiger partial charge in [0.25, 0.3) is 0 Å². The molecule has 1 amide bonds. The molecule has 0 aromatic rings. The number of carbonyl (C=O) groups excluding carboxylic acids is 2. The molecule has 0 saturated carbocycles. The zero-order chi connectivity index (χ0) is 16.8. The summed E-state index contributed by atoms with van der Waals surface area (Å²) in [5.74, 6) is -0.0602. The first kappa shape index (κ1) is 18.8. The lowest BCUT2D eigenvalue weighted by atomic mass is 10.1. The molecule has 0 radical (unpaired) electrons. The monoisotopic (exact) mass is 330 g/mol. The SMILES string of the molecule is CN(C)C(=O)OCSC1CCNC/C1=C/C(=O)OC(C)(C)C. The maximum absolute atomic E-state index is 11.9.